The number of amides is 1. The van der Waals surface area contributed by atoms with Gasteiger partial charge in [0, 0.05) is 24.2 Å². The maximum Gasteiger partial charge on any atom is 0.271 e. The molecule has 2 saturated heterocycles. The van der Waals surface area contributed by atoms with E-state index in [9.17, 15) is 13.7 Å². The number of carbonyl (C=O) groups excluding carboxylic acids is 1. The van der Waals surface area contributed by atoms with Gasteiger partial charge in [-0.05, 0) is 92.5 Å². The third-order valence-corrected chi connectivity index (χ3v) is 11.0. The Kier molecular flexibility index (Phi) is 7.55. The molecule has 0 aliphatic carbocycles. The molecule has 1 unspecified atom stereocenters. The van der Waals surface area contributed by atoms with Crippen LogP contribution in [0.2, 0.25) is 0 Å². The van der Waals surface area contributed by atoms with Crippen LogP contribution in [0, 0.1) is 11.3 Å². The van der Waals surface area contributed by atoms with E-state index in [0.29, 0.717) is 60.0 Å². The molecule has 2 fully saturated rings. The monoisotopic (exact) mass is 639 g/mol. The van der Waals surface area contributed by atoms with E-state index in [2.05, 4.69) is 16.0 Å². The van der Waals surface area contributed by atoms with Crippen LogP contribution in [0.25, 0.3) is 0 Å². The van der Waals surface area contributed by atoms with E-state index in [1.54, 1.807) is 30.5 Å². The summed E-state index contributed by atoms with van der Waals surface area (Å²) in [6.07, 6.45) is 5.51. The first-order valence-electron chi connectivity index (χ1n) is 15.2. The van der Waals surface area contributed by atoms with Crippen LogP contribution in [0.1, 0.15) is 53.4 Å². The van der Waals surface area contributed by atoms with E-state index in [4.69, 9.17) is 13.9 Å². The number of aromatic nitrogens is 1. The van der Waals surface area contributed by atoms with Crippen LogP contribution in [-0.2, 0) is 26.9 Å². The van der Waals surface area contributed by atoms with Crippen molar-refractivity contribution in [1.29, 1.82) is 5.26 Å². The van der Waals surface area contributed by atoms with Crippen LogP contribution < -0.4 is 13.8 Å². The molecule has 46 heavy (non-hydrogen) atoms. The van der Waals surface area contributed by atoms with Crippen molar-refractivity contribution in [3.63, 3.8) is 0 Å². The van der Waals surface area contributed by atoms with Gasteiger partial charge in [-0.3, -0.25) is 14.6 Å². The molecular weight excluding hydrogens is 606 g/mol. The fourth-order valence-corrected chi connectivity index (χ4v) is 8.45. The first-order chi connectivity index (χ1) is 22.3. The second-order valence-corrected chi connectivity index (χ2v) is 13.5. The van der Waals surface area contributed by atoms with Gasteiger partial charge in [-0.25, -0.2) is 17.7 Å². The Hall–Kier alpha value is -4.70. The largest absolute Gasteiger partial charge is 0.497 e. The van der Waals surface area contributed by atoms with Crippen molar-refractivity contribution in [2.45, 2.75) is 42.3 Å². The lowest BCUT2D eigenvalue weighted by molar-refractivity contribution is -0.127. The first kappa shape index (κ1) is 30.0. The van der Waals surface area contributed by atoms with Gasteiger partial charge in [0.15, 0.2) is 5.54 Å². The number of ether oxygens (including phenoxy) is 2. The standard InChI is InChI=1S/C34H33N5O6S/c1-43-25-8-10-26(11-9-25)46(41,42)39-29-12-6-23(21-35)19-27(29)34(33(39)40,38-17-3-5-30(38)32-36-14-18-45-32)28-20-24(7-13-31(28)44-2)22-37-15-4-16-37/h6-14,18-20,30H,3-5,15-17,22H2,1-2H3/t30-,34?/m0/s1. The molecule has 3 aliphatic rings. The molecule has 1 aromatic heterocycles. The highest BCUT2D eigenvalue weighted by atomic mass is 32.2. The van der Waals surface area contributed by atoms with Crippen molar-refractivity contribution in [3.05, 3.63) is 101 Å². The maximum atomic E-state index is 15.5. The zero-order valence-electron chi connectivity index (χ0n) is 25.5. The molecule has 11 nitrogen and oxygen atoms in total. The first-order valence-corrected chi connectivity index (χ1v) is 16.6. The molecule has 0 spiro atoms. The fraction of sp³-hybridized carbons (Fsp3) is 0.324. The smallest absolute Gasteiger partial charge is 0.271 e. The van der Waals surface area contributed by atoms with Crippen LogP contribution in [0.3, 0.4) is 0 Å². The lowest BCUT2D eigenvalue weighted by atomic mass is 9.79. The van der Waals surface area contributed by atoms with Crippen molar-refractivity contribution in [2.24, 2.45) is 0 Å². The van der Waals surface area contributed by atoms with E-state index in [0.717, 1.165) is 29.4 Å². The van der Waals surface area contributed by atoms with Crippen molar-refractivity contribution in [1.82, 2.24) is 14.8 Å². The molecule has 12 heteroatoms. The van der Waals surface area contributed by atoms with Gasteiger partial charge in [-0.15, -0.1) is 0 Å². The predicted molar refractivity (Wildman–Crippen MR) is 168 cm³/mol. The van der Waals surface area contributed by atoms with E-state index >= 15 is 4.79 Å². The van der Waals surface area contributed by atoms with E-state index in [1.807, 2.05) is 23.1 Å². The van der Waals surface area contributed by atoms with Gasteiger partial charge in [0.05, 0.1) is 48.7 Å². The van der Waals surface area contributed by atoms with Crippen molar-refractivity contribution >= 4 is 21.6 Å². The minimum Gasteiger partial charge on any atom is -0.497 e. The summed E-state index contributed by atoms with van der Waals surface area (Å²) in [7, 11) is -1.41. The van der Waals surface area contributed by atoms with Crippen molar-refractivity contribution in [2.75, 3.05) is 38.2 Å². The summed E-state index contributed by atoms with van der Waals surface area (Å²) in [5.74, 6) is 0.645. The molecular formula is C34H33N5O6S. The van der Waals surface area contributed by atoms with Gasteiger partial charge in [-0.2, -0.15) is 5.26 Å². The second kappa shape index (κ2) is 11.6. The van der Waals surface area contributed by atoms with Crippen molar-refractivity contribution < 1.29 is 27.1 Å². The number of methoxy groups -OCH3 is 2. The van der Waals surface area contributed by atoms with Crippen LogP contribution in [0.4, 0.5) is 5.69 Å². The van der Waals surface area contributed by atoms with Gasteiger partial charge in [0.25, 0.3) is 15.9 Å². The Labute approximate surface area is 267 Å². The highest BCUT2D eigenvalue weighted by molar-refractivity contribution is 7.93. The zero-order chi connectivity index (χ0) is 32.1. The molecule has 1 amide bonds. The number of likely N-dealkylation sites (tertiary alicyclic amines) is 2. The quantitative estimate of drug-likeness (QED) is 0.257. The summed E-state index contributed by atoms with van der Waals surface area (Å²) in [5, 5.41) is 10.0. The topological polar surface area (TPSA) is 129 Å². The van der Waals surface area contributed by atoms with Gasteiger partial charge in [0.1, 0.15) is 17.8 Å². The minimum absolute atomic E-state index is 0.0723. The minimum atomic E-state index is -4.44. The summed E-state index contributed by atoms with van der Waals surface area (Å²) >= 11 is 0. The Balaban J connectivity index is 1.52. The average Bonchev–Trinajstić information content (AvgIpc) is 3.81. The van der Waals surface area contributed by atoms with E-state index in [-0.39, 0.29) is 10.6 Å². The van der Waals surface area contributed by atoms with E-state index < -0.39 is 27.5 Å². The molecule has 0 saturated carbocycles. The lowest BCUT2D eigenvalue weighted by Gasteiger charge is -2.41. The highest BCUT2D eigenvalue weighted by Crippen LogP contribution is 2.56. The molecule has 4 heterocycles. The summed E-state index contributed by atoms with van der Waals surface area (Å²) in [6.45, 7) is 3.06. The third kappa shape index (κ3) is 4.57. The lowest BCUT2D eigenvalue weighted by Crippen LogP contribution is -2.54. The number of nitrogens with zero attached hydrogens (tertiary/aromatic N) is 5. The molecule has 2 atom stereocenters. The van der Waals surface area contributed by atoms with Crippen LogP contribution in [0.5, 0.6) is 11.5 Å². The van der Waals surface area contributed by atoms with Gasteiger partial charge in [0.2, 0.25) is 5.89 Å². The number of hydrogen-bond donors (Lipinski definition) is 0. The average molecular weight is 640 g/mol. The molecule has 0 bridgehead atoms. The Bertz CT molecular complexity index is 1940. The molecule has 0 N–H and O–H groups in total. The fourth-order valence-electron chi connectivity index (χ4n) is 6.99. The normalized spacial score (nSPS) is 21.5. The summed E-state index contributed by atoms with van der Waals surface area (Å²) in [5.41, 5.74) is 0.610. The number of rotatable bonds is 9. The summed E-state index contributed by atoms with van der Waals surface area (Å²) in [4.78, 5) is 24.2. The Morgan fingerprint density at radius 1 is 1.00 bits per heavy atom. The SMILES string of the molecule is COc1ccc(S(=O)(=O)N2C(=O)C(c3cc(CN4CCC4)ccc3OC)(N3CCC[C@H]3c3ncco3)c3cc(C#N)ccc32)cc1. The number of sulfonamides is 1. The van der Waals surface area contributed by atoms with Gasteiger partial charge in [-0.1, -0.05) is 6.07 Å². The number of fused-ring (bicyclic) bond motifs is 1. The van der Waals surface area contributed by atoms with Gasteiger partial charge >= 0.3 is 0 Å². The van der Waals surface area contributed by atoms with Crippen LogP contribution in [-0.4, -0.2) is 63.0 Å². The molecule has 3 aliphatic heterocycles. The molecule has 4 aromatic rings. The molecule has 7 rings (SSSR count). The third-order valence-electron chi connectivity index (χ3n) is 9.25. The predicted octanol–water partition coefficient (Wildman–Crippen LogP) is 4.59. The number of hydrogen-bond acceptors (Lipinski definition) is 10. The highest BCUT2D eigenvalue weighted by Gasteiger charge is 2.63. The molecule has 3 aromatic carbocycles. The maximum absolute atomic E-state index is 15.5. The molecule has 236 valence electrons. The summed E-state index contributed by atoms with van der Waals surface area (Å²) in [6, 6.07) is 18.1. The van der Waals surface area contributed by atoms with Gasteiger partial charge < -0.3 is 13.9 Å². The Morgan fingerprint density at radius 3 is 2.46 bits per heavy atom. The van der Waals surface area contributed by atoms with Crippen molar-refractivity contribution in [3.8, 4) is 17.6 Å². The van der Waals surface area contributed by atoms with Crippen LogP contribution >= 0.6 is 0 Å². The zero-order valence-corrected chi connectivity index (χ0v) is 26.4. The second-order valence-electron chi connectivity index (χ2n) is 11.7. The number of nitriles is 1. The van der Waals surface area contributed by atoms with Crippen LogP contribution in [0.15, 0.2) is 82.4 Å². The van der Waals surface area contributed by atoms with E-state index in [1.165, 1.54) is 38.7 Å². The molecule has 0 radical (unpaired) electrons. The summed E-state index contributed by atoms with van der Waals surface area (Å²) < 4.78 is 46.9. The number of carbonyl (C=O) groups is 1. The number of benzene rings is 3. The number of anilines is 1. The number of oxazole rings is 1. The Morgan fingerprint density at radius 2 is 1.80 bits per heavy atom.